The van der Waals surface area contributed by atoms with Gasteiger partial charge in [0, 0.05) is 65.4 Å². The second kappa shape index (κ2) is 16.3. The summed E-state index contributed by atoms with van der Waals surface area (Å²) in [7, 11) is 0. The maximum absolute atomic E-state index is 7.00. The highest BCUT2D eigenvalue weighted by atomic mass is 32.1. The van der Waals surface area contributed by atoms with Crippen LogP contribution in [0.5, 0.6) is 0 Å². The van der Waals surface area contributed by atoms with E-state index in [0.29, 0.717) is 0 Å². The van der Waals surface area contributed by atoms with E-state index >= 15 is 0 Å². The first-order valence-electron chi connectivity index (χ1n) is 27.4. The molecule has 0 N–H and O–H groups in total. The number of para-hydroxylation sites is 2. The van der Waals surface area contributed by atoms with Crippen molar-refractivity contribution in [2.24, 2.45) is 0 Å². The molecule has 0 fully saturated rings. The molecule has 4 heterocycles. The summed E-state index contributed by atoms with van der Waals surface area (Å²) in [5, 5.41) is 12.3. The van der Waals surface area contributed by atoms with E-state index in [1.54, 1.807) is 0 Å². The fourth-order valence-electron chi connectivity index (χ4n) is 13.4. The van der Waals surface area contributed by atoms with Gasteiger partial charge in [0.25, 0.3) is 6.71 Å². The van der Waals surface area contributed by atoms with Gasteiger partial charge in [0.2, 0.25) is 0 Å². The fraction of sp³-hybridized carbons (Fsp3) is 0.111. The summed E-state index contributed by atoms with van der Waals surface area (Å²) in [6.07, 6.45) is 0. The van der Waals surface area contributed by atoms with Crippen LogP contribution in [0.4, 0.5) is 51.2 Å². The summed E-state index contributed by atoms with van der Waals surface area (Å²) in [6.45, 7) is 13.7. The second-order valence-electron chi connectivity index (χ2n) is 23.6. The van der Waals surface area contributed by atoms with Crippen molar-refractivity contribution in [3.8, 4) is 0 Å². The Labute approximate surface area is 458 Å². The first-order valence-corrected chi connectivity index (χ1v) is 28.2. The van der Waals surface area contributed by atoms with Gasteiger partial charge in [-0.3, -0.25) is 0 Å². The van der Waals surface area contributed by atoms with E-state index in [1.807, 2.05) is 11.3 Å². The third-order valence-corrected chi connectivity index (χ3v) is 18.2. The van der Waals surface area contributed by atoms with E-state index in [2.05, 4.69) is 275 Å². The largest absolute Gasteiger partial charge is 0.454 e. The number of nitrogens with zero attached hydrogens (tertiary/aromatic N) is 3. The third kappa shape index (κ3) is 6.53. The van der Waals surface area contributed by atoms with Crippen molar-refractivity contribution in [3.05, 3.63) is 230 Å². The molecule has 372 valence electrons. The number of hydrogen-bond acceptors (Lipinski definition) is 5. The van der Waals surface area contributed by atoms with E-state index in [-0.39, 0.29) is 17.5 Å². The van der Waals surface area contributed by atoms with Crippen LogP contribution in [0.1, 0.15) is 52.7 Å². The summed E-state index contributed by atoms with van der Waals surface area (Å²) in [5.41, 5.74) is 18.4. The summed E-state index contributed by atoms with van der Waals surface area (Å²) in [6, 6.07) is 82.3. The Kier molecular flexibility index (Phi) is 9.51. The zero-order valence-corrected chi connectivity index (χ0v) is 45.3. The van der Waals surface area contributed by atoms with Crippen LogP contribution in [0.2, 0.25) is 0 Å². The molecular weight excluding hydrogens is 966 g/mol. The molecule has 0 spiro atoms. The van der Waals surface area contributed by atoms with Gasteiger partial charge in [-0.05, 0) is 161 Å². The molecule has 0 atom stereocenters. The number of furan rings is 1. The molecule has 16 rings (SSSR count). The molecule has 0 radical (unpaired) electrons. The molecule has 2 aliphatic heterocycles. The highest BCUT2D eigenvalue weighted by Gasteiger charge is 2.45. The minimum atomic E-state index is -0.0889. The Balaban J connectivity index is 1.00. The SMILES string of the molecule is CC(C)(C)c1ccc(N2c3cc(N(c4ccc5ccc6cccc7ccc4c5c67)c4cccc5c4oc4ccccc45)ccc3B3c4c2cccc4N(c2ccc(C(C)(C)C)cc2)c2ccc4sc5ccccc5c4c23)cc1. The van der Waals surface area contributed by atoms with Crippen LogP contribution in [-0.4, -0.2) is 6.71 Å². The van der Waals surface area contributed by atoms with Crippen LogP contribution in [0.25, 0.3) is 74.4 Å². The quantitative estimate of drug-likeness (QED) is 0.127. The molecule has 2 aliphatic rings. The average molecular weight is 1020 g/mol. The minimum absolute atomic E-state index is 0.0111. The molecule has 0 saturated heterocycles. The normalized spacial score (nSPS) is 13.4. The molecule has 0 saturated carbocycles. The Morgan fingerprint density at radius 2 is 1.00 bits per heavy atom. The number of rotatable bonds is 5. The predicted molar refractivity (Wildman–Crippen MR) is 336 cm³/mol. The summed E-state index contributed by atoms with van der Waals surface area (Å²) >= 11 is 1.90. The van der Waals surface area contributed by atoms with Gasteiger partial charge < -0.3 is 19.1 Å². The lowest BCUT2D eigenvalue weighted by Crippen LogP contribution is -2.61. The molecule has 12 aromatic carbocycles. The third-order valence-electron chi connectivity index (χ3n) is 17.1. The molecule has 14 aromatic rings. The van der Waals surface area contributed by atoms with Crippen LogP contribution in [0.3, 0.4) is 0 Å². The molecular formula is C72H54BN3OS. The molecule has 0 aliphatic carbocycles. The standard InChI is InChI=1S/C72H54BN3OS/c1-71(2,3)46-28-32-48(33-29-46)74-57-19-13-20-58-68(57)73(69-59(74)40-41-64-67(69)54-17-8-10-23-63(54)78-64)55-38-36-50(42-61(55)75(58)49-34-30-47(31-35-49)72(4,5)6)76(60-21-12-18-52-51-16-7-9-22-62(51)77-70(52)60)56-39-27-45-25-24-43-14-11-15-44-26-37-53(56)66(45)65(43)44/h7-42H,1-6H3. The maximum Gasteiger partial charge on any atom is 0.253 e. The number of fused-ring (bicyclic) bond motifs is 11. The molecule has 0 unspecified atom stereocenters. The summed E-state index contributed by atoms with van der Waals surface area (Å²) in [5.74, 6) is 0. The molecule has 4 nitrogen and oxygen atoms in total. The van der Waals surface area contributed by atoms with Gasteiger partial charge in [-0.25, -0.2) is 0 Å². The number of benzene rings is 12. The van der Waals surface area contributed by atoms with Crippen molar-refractivity contribution in [1.29, 1.82) is 0 Å². The van der Waals surface area contributed by atoms with E-state index in [9.17, 15) is 0 Å². The molecule has 0 amide bonds. The zero-order chi connectivity index (χ0) is 52.3. The number of hydrogen-bond donors (Lipinski definition) is 0. The zero-order valence-electron chi connectivity index (χ0n) is 44.5. The summed E-state index contributed by atoms with van der Waals surface area (Å²) < 4.78 is 9.60. The van der Waals surface area contributed by atoms with Crippen molar-refractivity contribution in [2.45, 2.75) is 52.4 Å². The highest BCUT2D eigenvalue weighted by molar-refractivity contribution is 7.26. The van der Waals surface area contributed by atoms with Crippen molar-refractivity contribution in [2.75, 3.05) is 14.7 Å². The van der Waals surface area contributed by atoms with Crippen LogP contribution in [0, 0.1) is 0 Å². The van der Waals surface area contributed by atoms with Crippen molar-refractivity contribution in [1.82, 2.24) is 0 Å². The van der Waals surface area contributed by atoms with Crippen LogP contribution in [-0.2, 0) is 10.8 Å². The van der Waals surface area contributed by atoms with Gasteiger partial charge in [-0.2, -0.15) is 0 Å². The average Bonchev–Trinajstić information content (AvgIpc) is 4.17. The predicted octanol–water partition coefficient (Wildman–Crippen LogP) is 19.0. The maximum atomic E-state index is 7.00. The minimum Gasteiger partial charge on any atom is -0.454 e. The highest BCUT2D eigenvalue weighted by Crippen LogP contribution is 2.51. The van der Waals surface area contributed by atoms with Gasteiger partial charge in [0.15, 0.2) is 5.58 Å². The smallest absolute Gasteiger partial charge is 0.253 e. The van der Waals surface area contributed by atoms with Crippen LogP contribution < -0.4 is 31.1 Å². The summed E-state index contributed by atoms with van der Waals surface area (Å²) in [4.78, 5) is 7.58. The molecule has 78 heavy (non-hydrogen) atoms. The van der Waals surface area contributed by atoms with Crippen molar-refractivity contribution >= 4 is 160 Å². The van der Waals surface area contributed by atoms with Crippen molar-refractivity contribution in [3.63, 3.8) is 0 Å². The van der Waals surface area contributed by atoms with E-state index in [0.717, 1.165) is 56.1 Å². The first kappa shape index (κ1) is 45.4. The fourth-order valence-corrected chi connectivity index (χ4v) is 14.5. The van der Waals surface area contributed by atoms with Gasteiger partial charge in [0.05, 0.1) is 11.4 Å². The Morgan fingerprint density at radius 3 is 1.72 bits per heavy atom. The van der Waals surface area contributed by atoms with E-state index in [1.165, 1.54) is 97.1 Å². The molecule has 0 bridgehead atoms. The van der Waals surface area contributed by atoms with Gasteiger partial charge in [-0.15, -0.1) is 11.3 Å². The van der Waals surface area contributed by atoms with Gasteiger partial charge in [-0.1, -0.05) is 175 Å². The van der Waals surface area contributed by atoms with Gasteiger partial charge >= 0.3 is 0 Å². The Bertz CT molecular complexity index is 4770. The van der Waals surface area contributed by atoms with Crippen molar-refractivity contribution < 1.29 is 4.42 Å². The van der Waals surface area contributed by atoms with E-state index < -0.39 is 0 Å². The second-order valence-corrected chi connectivity index (χ2v) is 24.7. The first-order chi connectivity index (χ1) is 38.0. The van der Waals surface area contributed by atoms with Crippen LogP contribution in [0.15, 0.2) is 223 Å². The Hall–Kier alpha value is -8.84. The lowest BCUT2D eigenvalue weighted by atomic mass is 9.33. The lowest BCUT2D eigenvalue weighted by molar-refractivity contribution is 0.590. The number of anilines is 9. The lowest BCUT2D eigenvalue weighted by Gasteiger charge is -2.44. The molecule has 6 heteroatoms. The van der Waals surface area contributed by atoms with Crippen LogP contribution >= 0.6 is 11.3 Å². The monoisotopic (exact) mass is 1020 g/mol. The topological polar surface area (TPSA) is 22.9 Å². The number of thiophene rings is 1. The van der Waals surface area contributed by atoms with E-state index in [4.69, 9.17) is 4.42 Å². The molecule has 2 aromatic heterocycles. The Morgan fingerprint density at radius 1 is 0.410 bits per heavy atom. The van der Waals surface area contributed by atoms with Gasteiger partial charge in [0.1, 0.15) is 5.58 Å².